The molecule has 2 heterocycles. The van der Waals surface area contributed by atoms with Crippen LogP contribution < -0.4 is 10.1 Å². The van der Waals surface area contributed by atoms with Crippen LogP contribution in [0.4, 0.5) is 5.82 Å². The van der Waals surface area contributed by atoms with E-state index >= 15 is 0 Å². The van der Waals surface area contributed by atoms with Crippen molar-refractivity contribution in [1.29, 1.82) is 0 Å². The molecule has 0 unspecified atom stereocenters. The van der Waals surface area contributed by atoms with Crippen LogP contribution in [-0.4, -0.2) is 33.0 Å². The molecule has 0 radical (unpaired) electrons. The summed E-state index contributed by atoms with van der Waals surface area (Å²) in [5.74, 6) is 0.581. The number of aromatic amines is 1. The van der Waals surface area contributed by atoms with Gasteiger partial charge in [-0.25, -0.2) is 0 Å². The zero-order chi connectivity index (χ0) is 20.2. The van der Waals surface area contributed by atoms with Crippen LogP contribution in [0.5, 0.6) is 5.75 Å². The second-order valence-corrected chi connectivity index (χ2v) is 6.71. The topological polar surface area (TPSA) is 84.8 Å². The number of benzene rings is 2. The summed E-state index contributed by atoms with van der Waals surface area (Å²) in [5.41, 5.74) is 4.22. The third-order valence-electron chi connectivity index (χ3n) is 4.58. The summed E-state index contributed by atoms with van der Waals surface area (Å²) >= 11 is 0. The van der Waals surface area contributed by atoms with Crippen LogP contribution in [0.25, 0.3) is 11.3 Å². The summed E-state index contributed by atoms with van der Waals surface area (Å²) in [6.07, 6.45) is 3.27. The molecule has 0 aliphatic rings. The second-order valence-electron chi connectivity index (χ2n) is 6.71. The molecule has 0 aliphatic carbocycles. The fourth-order valence-electron chi connectivity index (χ4n) is 3.06. The minimum Gasteiger partial charge on any atom is -0.491 e. The van der Waals surface area contributed by atoms with Crippen molar-refractivity contribution in [2.75, 3.05) is 12.4 Å². The van der Waals surface area contributed by atoms with Crippen LogP contribution in [0.1, 0.15) is 21.5 Å². The molecule has 0 spiro atoms. The third kappa shape index (κ3) is 4.03. The van der Waals surface area contributed by atoms with Crippen LogP contribution in [0, 0.1) is 6.92 Å². The fourth-order valence-corrected chi connectivity index (χ4v) is 3.06. The third-order valence-corrected chi connectivity index (χ3v) is 4.58. The number of carbonyl (C=O) groups excluding carboxylic acids is 1. The van der Waals surface area contributed by atoms with Gasteiger partial charge in [-0.2, -0.15) is 10.2 Å². The van der Waals surface area contributed by atoms with Crippen LogP contribution in [0.15, 0.2) is 67.0 Å². The number of amides is 1. The molecule has 2 aromatic heterocycles. The van der Waals surface area contributed by atoms with Crippen molar-refractivity contribution in [3.8, 4) is 17.0 Å². The molecule has 0 saturated carbocycles. The number of ether oxygens (including phenoxy) is 1. The zero-order valence-electron chi connectivity index (χ0n) is 16.2. The number of aryl methyl sites for hydroxylation is 1. The zero-order valence-corrected chi connectivity index (χ0v) is 16.2. The SMILES string of the molecule is COc1cn[nH]c1NC(=O)c1cn(Cc2ccccc2)nc1-c1ccc(C)cc1. The number of carbonyl (C=O) groups is 1. The standard InChI is InChI=1S/C22H21N5O2/c1-15-8-10-17(11-9-15)20-18(22(28)24-21-19(29-2)12-23-25-21)14-27(26-20)13-16-6-4-3-5-7-16/h3-12,14H,13H2,1-2H3,(H2,23,24,25,28). The molecule has 0 aliphatic heterocycles. The molecule has 0 fully saturated rings. The molecule has 29 heavy (non-hydrogen) atoms. The molecule has 2 aromatic carbocycles. The maximum Gasteiger partial charge on any atom is 0.260 e. The van der Waals surface area contributed by atoms with Crippen LogP contribution >= 0.6 is 0 Å². The van der Waals surface area contributed by atoms with Gasteiger partial charge in [0.15, 0.2) is 11.6 Å². The van der Waals surface area contributed by atoms with E-state index in [9.17, 15) is 4.79 Å². The molecule has 7 heteroatoms. The van der Waals surface area contributed by atoms with Crippen molar-refractivity contribution >= 4 is 11.7 Å². The number of rotatable bonds is 6. The molecule has 7 nitrogen and oxygen atoms in total. The monoisotopic (exact) mass is 387 g/mol. The maximum atomic E-state index is 13.0. The Morgan fingerprint density at radius 3 is 2.62 bits per heavy atom. The van der Waals surface area contributed by atoms with E-state index in [-0.39, 0.29) is 5.91 Å². The van der Waals surface area contributed by atoms with E-state index in [1.807, 2.05) is 61.5 Å². The maximum absolute atomic E-state index is 13.0. The number of methoxy groups -OCH3 is 1. The number of hydrogen-bond donors (Lipinski definition) is 2. The normalized spacial score (nSPS) is 10.7. The Labute approximate surface area is 168 Å². The smallest absolute Gasteiger partial charge is 0.260 e. The van der Waals surface area contributed by atoms with Crippen molar-refractivity contribution in [3.05, 3.63) is 83.7 Å². The minimum absolute atomic E-state index is 0.289. The number of aromatic nitrogens is 4. The highest BCUT2D eigenvalue weighted by Gasteiger charge is 2.20. The van der Waals surface area contributed by atoms with Gasteiger partial charge in [0.1, 0.15) is 5.69 Å². The predicted molar refractivity (Wildman–Crippen MR) is 111 cm³/mol. The lowest BCUT2D eigenvalue weighted by Crippen LogP contribution is -2.13. The predicted octanol–water partition coefficient (Wildman–Crippen LogP) is 3.89. The summed E-state index contributed by atoms with van der Waals surface area (Å²) in [7, 11) is 1.52. The van der Waals surface area contributed by atoms with E-state index < -0.39 is 0 Å². The number of hydrogen-bond acceptors (Lipinski definition) is 4. The van der Waals surface area contributed by atoms with Crippen molar-refractivity contribution < 1.29 is 9.53 Å². The Hall–Kier alpha value is -3.87. The lowest BCUT2D eigenvalue weighted by molar-refractivity contribution is 0.102. The molecule has 4 rings (SSSR count). The van der Waals surface area contributed by atoms with Gasteiger partial charge < -0.3 is 10.1 Å². The van der Waals surface area contributed by atoms with Gasteiger partial charge in [0, 0.05) is 11.8 Å². The van der Waals surface area contributed by atoms with E-state index in [1.54, 1.807) is 10.9 Å². The lowest BCUT2D eigenvalue weighted by Gasteiger charge is -2.05. The second kappa shape index (κ2) is 8.02. The first-order valence-corrected chi connectivity index (χ1v) is 9.21. The first-order valence-electron chi connectivity index (χ1n) is 9.21. The van der Waals surface area contributed by atoms with E-state index in [0.717, 1.165) is 16.7 Å². The summed E-state index contributed by atoms with van der Waals surface area (Å²) in [5, 5.41) is 14.2. The number of anilines is 1. The summed E-state index contributed by atoms with van der Waals surface area (Å²) < 4.78 is 6.99. The van der Waals surface area contributed by atoms with Crippen molar-refractivity contribution in [1.82, 2.24) is 20.0 Å². The fraction of sp³-hybridized carbons (Fsp3) is 0.136. The molecular formula is C22H21N5O2. The van der Waals surface area contributed by atoms with Crippen molar-refractivity contribution in [3.63, 3.8) is 0 Å². The average Bonchev–Trinajstić information content (AvgIpc) is 3.36. The Morgan fingerprint density at radius 2 is 1.90 bits per heavy atom. The van der Waals surface area contributed by atoms with Gasteiger partial charge >= 0.3 is 0 Å². The molecule has 0 bridgehead atoms. The summed E-state index contributed by atoms with van der Waals surface area (Å²) in [6, 6.07) is 18.0. The van der Waals surface area contributed by atoms with Gasteiger partial charge in [-0.1, -0.05) is 60.2 Å². The lowest BCUT2D eigenvalue weighted by atomic mass is 10.1. The summed E-state index contributed by atoms with van der Waals surface area (Å²) in [4.78, 5) is 13.0. The highest BCUT2D eigenvalue weighted by atomic mass is 16.5. The van der Waals surface area contributed by atoms with Crippen LogP contribution in [0.3, 0.4) is 0 Å². The molecular weight excluding hydrogens is 366 g/mol. The highest BCUT2D eigenvalue weighted by Crippen LogP contribution is 2.26. The minimum atomic E-state index is -0.289. The van der Waals surface area contributed by atoms with Gasteiger partial charge in [0.05, 0.1) is 25.4 Å². The van der Waals surface area contributed by atoms with E-state index in [2.05, 4.69) is 15.5 Å². The Morgan fingerprint density at radius 1 is 1.14 bits per heavy atom. The molecule has 0 saturated heterocycles. The molecule has 2 N–H and O–H groups in total. The number of nitrogens with one attached hydrogen (secondary N) is 2. The highest BCUT2D eigenvalue weighted by molar-refractivity contribution is 6.08. The van der Waals surface area contributed by atoms with Crippen molar-refractivity contribution in [2.24, 2.45) is 0 Å². The van der Waals surface area contributed by atoms with Gasteiger partial charge in [0.2, 0.25) is 0 Å². The van der Waals surface area contributed by atoms with Gasteiger partial charge in [-0.3, -0.25) is 14.6 Å². The van der Waals surface area contributed by atoms with Gasteiger partial charge in [-0.15, -0.1) is 0 Å². The van der Waals surface area contributed by atoms with Crippen LogP contribution in [0.2, 0.25) is 0 Å². The Balaban J connectivity index is 1.70. The first kappa shape index (κ1) is 18.5. The van der Waals surface area contributed by atoms with E-state index in [1.165, 1.54) is 13.3 Å². The number of H-pyrrole nitrogens is 1. The molecule has 4 aromatic rings. The number of nitrogens with zero attached hydrogens (tertiary/aromatic N) is 3. The largest absolute Gasteiger partial charge is 0.491 e. The van der Waals surface area contributed by atoms with E-state index in [0.29, 0.717) is 29.4 Å². The average molecular weight is 387 g/mol. The molecule has 0 atom stereocenters. The van der Waals surface area contributed by atoms with Crippen LogP contribution in [-0.2, 0) is 6.54 Å². The van der Waals surface area contributed by atoms with Gasteiger partial charge in [-0.05, 0) is 12.5 Å². The first-order chi connectivity index (χ1) is 14.1. The van der Waals surface area contributed by atoms with Crippen molar-refractivity contribution in [2.45, 2.75) is 13.5 Å². The molecule has 1 amide bonds. The van der Waals surface area contributed by atoms with Gasteiger partial charge in [0.25, 0.3) is 5.91 Å². The Kier molecular flexibility index (Phi) is 5.11. The van der Waals surface area contributed by atoms with E-state index in [4.69, 9.17) is 9.84 Å². The summed E-state index contributed by atoms with van der Waals surface area (Å²) in [6.45, 7) is 2.59. The Bertz CT molecular complexity index is 1110. The molecule has 146 valence electrons. The quantitative estimate of drug-likeness (QED) is 0.526.